The van der Waals surface area contributed by atoms with Crippen molar-refractivity contribution in [3.05, 3.63) is 46.7 Å². The van der Waals surface area contributed by atoms with Gasteiger partial charge in [-0.05, 0) is 6.92 Å². The first-order valence-corrected chi connectivity index (χ1v) is 8.33. The number of nitrogens with zero attached hydrogens (tertiary/aromatic N) is 4. The molecule has 1 atom stereocenters. The summed E-state index contributed by atoms with van der Waals surface area (Å²) in [6.45, 7) is 3.53. The highest BCUT2D eigenvalue weighted by Crippen LogP contribution is 2.31. The van der Waals surface area contributed by atoms with Gasteiger partial charge in [-0.25, -0.2) is 18.0 Å². The molecule has 2 amide bonds. The van der Waals surface area contributed by atoms with Gasteiger partial charge in [0.25, 0.3) is 0 Å². The molecule has 3 aromatic rings. The summed E-state index contributed by atoms with van der Waals surface area (Å²) in [5, 5.41) is 10.2. The number of carbonyl (C=O) groups excluding carboxylic acids is 1. The van der Waals surface area contributed by atoms with E-state index < -0.39 is 23.5 Å². The van der Waals surface area contributed by atoms with Crippen LogP contribution in [0.1, 0.15) is 24.1 Å². The van der Waals surface area contributed by atoms with E-state index in [2.05, 4.69) is 20.6 Å². The molecular formula is C17H14F3N5O3. The number of amides is 2. The lowest BCUT2D eigenvalue weighted by Crippen LogP contribution is -2.44. The van der Waals surface area contributed by atoms with Gasteiger partial charge in [0.2, 0.25) is 17.5 Å². The molecule has 4 rings (SSSR count). The van der Waals surface area contributed by atoms with Crippen LogP contribution in [-0.2, 0) is 13.0 Å². The first-order chi connectivity index (χ1) is 13.3. The Hall–Kier alpha value is -3.37. The topological polar surface area (TPSA) is 97.3 Å². The first kappa shape index (κ1) is 18.0. The predicted molar refractivity (Wildman–Crippen MR) is 88.6 cm³/mol. The minimum atomic E-state index is -1.60. The van der Waals surface area contributed by atoms with Crippen LogP contribution in [0.5, 0.6) is 0 Å². The van der Waals surface area contributed by atoms with Crippen LogP contribution in [0.25, 0.3) is 11.6 Å². The minimum Gasteiger partial charge on any atom is -0.352 e. The van der Waals surface area contributed by atoms with E-state index in [1.54, 1.807) is 13.8 Å². The summed E-state index contributed by atoms with van der Waals surface area (Å²) < 4.78 is 50.1. The molecule has 2 aromatic heterocycles. The molecule has 0 unspecified atom stereocenters. The summed E-state index contributed by atoms with van der Waals surface area (Å²) in [6.07, 6.45) is 0.398. The van der Waals surface area contributed by atoms with Crippen molar-refractivity contribution < 1.29 is 27.0 Å². The average Bonchev–Trinajstić information content (AvgIpc) is 3.24. The minimum absolute atomic E-state index is 0.112. The first-order valence-electron chi connectivity index (χ1n) is 8.33. The van der Waals surface area contributed by atoms with Crippen molar-refractivity contribution in [3.63, 3.8) is 0 Å². The molecule has 0 aliphatic carbocycles. The van der Waals surface area contributed by atoms with E-state index in [1.807, 2.05) is 0 Å². The Balaban J connectivity index is 1.58. The monoisotopic (exact) mass is 393 g/mol. The number of rotatable bonds is 2. The lowest BCUT2D eigenvalue weighted by atomic mass is 10.00. The van der Waals surface area contributed by atoms with Crippen molar-refractivity contribution in [1.82, 2.24) is 20.2 Å². The Kier molecular flexibility index (Phi) is 4.28. The second-order valence-electron chi connectivity index (χ2n) is 6.44. The van der Waals surface area contributed by atoms with E-state index in [4.69, 9.17) is 9.05 Å². The van der Waals surface area contributed by atoms with Gasteiger partial charge in [-0.2, -0.15) is 4.98 Å². The van der Waals surface area contributed by atoms with Crippen molar-refractivity contribution >= 4 is 11.7 Å². The van der Waals surface area contributed by atoms with Crippen LogP contribution in [0.3, 0.4) is 0 Å². The van der Waals surface area contributed by atoms with E-state index in [-0.39, 0.29) is 29.9 Å². The number of aromatic nitrogens is 3. The van der Waals surface area contributed by atoms with E-state index in [0.29, 0.717) is 35.7 Å². The number of halogens is 3. The maximum absolute atomic E-state index is 13.4. The summed E-state index contributed by atoms with van der Waals surface area (Å²) in [5.74, 6) is -3.53. The molecule has 1 aliphatic heterocycles. The Morgan fingerprint density at radius 3 is 2.57 bits per heavy atom. The number of aryl methyl sites for hydroxylation is 1. The molecule has 0 bridgehead atoms. The average molecular weight is 393 g/mol. The van der Waals surface area contributed by atoms with Gasteiger partial charge in [-0.3, -0.25) is 0 Å². The predicted octanol–water partition coefficient (Wildman–Crippen LogP) is 3.43. The molecule has 0 saturated carbocycles. The number of fused-ring (bicyclic) bond motifs is 1. The quantitative estimate of drug-likeness (QED) is 0.670. The molecule has 1 aliphatic rings. The zero-order valence-electron chi connectivity index (χ0n) is 14.8. The van der Waals surface area contributed by atoms with Crippen molar-refractivity contribution in [3.8, 4) is 11.6 Å². The fraction of sp³-hybridized carbons (Fsp3) is 0.294. The lowest BCUT2D eigenvalue weighted by Gasteiger charge is -2.32. The van der Waals surface area contributed by atoms with Gasteiger partial charge in [0.05, 0.1) is 12.2 Å². The summed E-state index contributed by atoms with van der Waals surface area (Å²) >= 11 is 0. The molecule has 11 heteroatoms. The number of benzene rings is 1. The molecule has 1 N–H and O–H groups in total. The highest BCUT2D eigenvalue weighted by atomic mass is 19.2. The Bertz CT molecular complexity index is 1040. The third kappa shape index (κ3) is 3.08. The van der Waals surface area contributed by atoms with Crippen LogP contribution in [-0.4, -0.2) is 32.3 Å². The Morgan fingerprint density at radius 1 is 1.21 bits per heavy atom. The number of nitrogens with one attached hydrogen (secondary N) is 1. The standard InChI is InChI=1S/C17H14F3N5O3/c1-7-3-13-10(15(28-23-13)16-21-8(2)27-24-16)6-25(7)17(26)22-9-4-11(18)14(20)12(19)5-9/h4-5,7H,3,6H2,1-2H3,(H,22,26)/t7-/m0/s1. The van der Waals surface area contributed by atoms with Crippen LogP contribution >= 0.6 is 0 Å². The molecule has 0 saturated heterocycles. The van der Waals surface area contributed by atoms with Crippen LogP contribution < -0.4 is 5.32 Å². The van der Waals surface area contributed by atoms with Crippen LogP contribution in [0.4, 0.5) is 23.7 Å². The molecule has 146 valence electrons. The van der Waals surface area contributed by atoms with Crippen LogP contribution in [0.15, 0.2) is 21.2 Å². The number of hydrogen-bond donors (Lipinski definition) is 1. The second kappa shape index (κ2) is 6.66. The van der Waals surface area contributed by atoms with Gasteiger partial charge in [-0.15, -0.1) is 0 Å². The van der Waals surface area contributed by atoms with Gasteiger partial charge < -0.3 is 19.3 Å². The van der Waals surface area contributed by atoms with E-state index in [1.165, 1.54) is 4.90 Å². The van der Waals surface area contributed by atoms with Crippen molar-refractivity contribution in [2.75, 3.05) is 5.32 Å². The van der Waals surface area contributed by atoms with Gasteiger partial charge in [0.1, 0.15) is 0 Å². The number of hydrogen-bond acceptors (Lipinski definition) is 6. The lowest BCUT2D eigenvalue weighted by molar-refractivity contribution is 0.182. The maximum Gasteiger partial charge on any atom is 0.322 e. The summed E-state index contributed by atoms with van der Waals surface area (Å²) in [6, 6.07) is 0.541. The van der Waals surface area contributed by atoms with Crippen molar-refractivity contribution in [2.45, 2.75) is 32.9 Å². The largest absolute Gasteiger partial charge is 0.352 e. The van der Waals surface area contributed by atoms with Crippen LogP contribution in [0.2, 0.25) is 0 Å². The van der Waals surface area contributed by atoms with Gasteiger partial charge in [0.15, 0.2) is 17.5 Å². The maximum atomic E-state index is 13.4. The summed E-state index contributed by atoms with van der Waals surface area (Å²) in [7, 11) is 0. The highest BCUT2D eigenvalue weighted by molar-refractivity contribution is 5.89. The fourth-order valence-corrected chi connectivity index (χ4v) is 3.04. The highest BCUT2D eigenvalue weighted by Gasteiger charge is 2.33. The SMILES string of the molecule is Cc1nc(-c2onc3c2CN(C(=O)Nc2cc(F)c(F)c(F)c2)[C@@H](C)C3)no1. The van der Waals surface area contributed by atoms with Crippen molar-refractivity contribution in [2.24, 2.45) is 0 Å². The Labute approximate surface area is 156 Å². The van der Waals surface area contributed by atoms with E-state index in [0.717, 1.165) is 0 Å². The molecule has 3 heterocycles. The van der Waals surface area contributed by atoms with E-state index >= 15 is 0 Å². The molecule has 0 radical (unpaired) electrons. The molecule has 8 nitrogen and oxygen atoms in total. The molecular weight excluding hydrogens is 379 g/mol. The van der Waals surface area contributed by atoms with Crippen molar-refractivity contribution in [1.29, 1.82) is 0 Å². The normalized spacial score (nSPS) is 16.2. The number of carbonyl (C=O) groups is 1. The summed E-state index contributed by atoms with van der Waals surface area (Å²) in [4.78, 5) is 18.2. The number of anilines is 1. The molecule has 28 heavy (non-hydrogen) atoms. The smallest absolute Gasteiger partial charge is 0.322 e. The van der Waals surface area contributed by atoms with Gasteiger partial charge in [-0.1, -0.05) is 10.3 Å². The second-order valence-corrected chi connectivity index (χ2v) is 6.44. The number of urea groups is 1. The van der Waals surface area contributed by atoms with Gasteiger partial charge in [0, 0.05) is 42.8 Å². The van der Waals surface area contributed by atoms with Crippen LogP contribution in [0, 0.1) is 24.4 Å². The Morgan fingerprint density at radius 2 is 1.93 bits per heavy atom. The molecule has 1 aromatic carbocycles. The van der Waals surface area contributed by atoms with E-state index in [9.17, 15) is 18.0 Å². The molecule has 0 spiro atoms. The third-order valence-corrected chi connectivity index (χ3v) is 4.45. The van der Waals surface area contributed by atoms with Gasteiger partial charge >= 0.3 is 6.03 Å². The zero-order chi connectivity index (χ0) is 20.0. The molecule has 0 fully saturated rings. The summed E-state index contributed by atoms with van der Waals surface area (Å²) in [5.41, 5.74) is 1.08. The third-order valence-electron chi connectivity index (χ3n) is 4.45. The zero-order valence-corrected chi connectivity index (χ0v) is 14.8. The fourth-order valence-electron chi connectivity index (χ4n) is 3.04.